The Balaban J connectivity index is 0.00000312. The van der Waals surface area contributed by atoms with E-state index in [0.717, 1.165) is 11.1 Å². The van der Waals surface area contributed by atoms with E-state index < -0.39 is 11.7 Å². The Labute approximate surface area is 156 Å². The first-order valence-corrected chi connectivity index (χ1v) is 8.15. The molecule has 5 heteroatoms. The molecular weight excluding hydrogens is 338 g/mol. The van der Waals surface area contributed by atoms with Gasteiger partial charge in [0.15, 0.2) is 5.72 Å². The molecule has 2 rings (SSSR count). The molecule has 0 bridgehead atoms. The molecule has 0 aromatic heterocycles. The van der Waals surface area contributed by atoms with E-state index in [1.54, 1.807) is 0 Å². The standard InChI is InChI=1S/C20H25NO3.ClH/c1-5-20(21(3)4,24-23-16(2)22)19(17-12-8-6-9-13-17)18-14-10-7-11-15-18;/h6-15,19H,5H2,1-4H3;1H. The average Bonchev–Trinajstić information content (AvgIpc) is 2.59. The molecule has 0 saturated carbocycles. The van der Waals surface area contributed by atoms with Gasteiger partial charge in [-0.15, -0.1) is 12.4 Å². The summed E-state index contributed by atoms with van der Waals surface area (Å²) >= 11 is 0. The highest BCUT2D eigenvalue weighted by Crippen LogP contribution is 2.41. The van der Waals surface area contributed by atoms with Gasteiger partial charge in [0.1, 0.15) is 0 Å². The molecule has 25 heavy (non-hydrogen) atoms. The third-order valence-electron chi connectivity index (χ3n) is 4.28. The summed E-state index contributed by atoms with van der Waals surface area (Å²) in [6, 6.07) is 20.3. The van der Waals surface area contributed by atoms with E-state index >= 15 is 0 Å². The zero-order chi connectivity index (χ0) is 17.6. The molecule has 0 saturated heterocycles. The van der Waals surface area contributed by atoms with Gasteiger partial charge >= 0.3 is 5.97 Å². The van der Waals surface area contributed by atoms with Crippen molar-refractivity contribution < 1.29 is 14.6 Å². The van der Waals surface area contributed by atoms with Gasteiger partial charge in [-0.05, 0) is 31.6 Å². The fourth-order valence-corrected chi connectivity index (χ4v) is 3.10. The summed E-state index contributed by atoms with van der Waals surface area (Å²) in [5.41, 5.74) is 1.40. The largest absolute Gasteiger partial charge is 0.339 e. The van der Waals surface area contributed by atoms with Gasteiger partial charge in [0.2, 0.25) is 0 Å². The minimum atomic E-state index is -0.811. The summed E-state index contributed by atoms with van der Waals surface area (Å²) < 4.78 is 0. The van der Waals surface area contributed by atoms with Crippen molar-refractivity contribution in [2.45, 2.75) is 31.9 Å². The van der Waals surface area contributed by atoms with E-state index in [-0.39, 0.29) is 18.3 Å². The molecule has 1 atom stereocenters. The summed E-state index contributed by atoms with van der Waals surface area (Å²) in [6.07, 6.45) is 0.641. The summed E-state index contributed by atoms with van der Waals surface area (Å²) in [7, 11) is 3.87. The first-order chi connectivity index (χ1) is 11.5. The molecule has 136 valence electrons. The second-order valence-electron chi connectivity index (χ2n) is 6.01. The van der Waals surface area contributed by atoms with Crippen LogP contribution in [0.25, 0.3) is 0 Å². The van der Waals surface area contributed by atoms with E-state index in [0.29, 0.717) is 6.42 Å². The molecule has 0 heterocycles. The zero-order valence-corrected chi connectivity index (χ0v) is 16.0. The van der Waals surface area contributed by atoms with Crippen LogP contribution in [0.4, 0.5) is 0 Å². The molecule has 0 fully saturated rings. The molecule has 0 N–H and O–H groups in total. The number of nitrogens with zero attached hydrogens (tertiary/aromatic N) is 1. The normalized spacial score (nSPS) is 13.2. The van der Waals surface area contributed by atoms with Crippen LogP contribution in [0.2, 0.25) is 0 Å². The van der Waals surface area contributed by atoms with Gasteiger partial charge in [-0.25, -0.2) is 4.79 Å². The lowest BCUT2D eigenvalue weighted by molar-refractivity contribution is -0.368. The van der Waals surface area contributed by atoms with Crippen molar-refractivity contribution in [3.8, 4) is 0 Å². The van der Waals surface area contributed by atoms with Crippen molar-refractivity contribution in [1.82, 2.24) is 4.90 Å². The maximum atomic E-state index is 11.4. The predicted molar refractivity (Wildman–Crippen MR) is 102 cm³/mol. The maximum absolute atomic E-state index is 11.4. The topological polar surface area (TPSA) is 38.8 Å². The van der Waals surface area contributed by atoms with Crippen molar-refractivity contribution in [2.75, 3.05) is 14.1 Å². The number of hydrogen-bond acceptors (Lipinski definition) is 4. The SMILES string of the molecule is CCC(OOC(C)=O)(C(c1ccccc1)c1ccccc1)N(C)C.Cl. The number of hydrogen-bond donors (Lipinski definition) is 0. The lowest BCUT2D eigenvalue weighted by Gasteiger charge is -2.43. The maximum Gasteiger partial charge on any atom is 0.339 e. The number of likely N-dealkylation sites (N-methyl/N-ethyl adjacent to an activating group) is 1. The minimum absolute atomic E-state index is 0. The second-order valence-corrected chi connectivity index (χ2v) is 6.01. The molecule has 4 nitrogen and oxygen atoms in total. The molecular formula is C20H26ClNO3. The highest BCUT2D eigenvalue weighted by atomic mass is 35.5. The number of benzene rings is 2. The quantitative estimate of drug-likeness (QED) is 0.415. The van der Waals surface area contributed by atoms with Crippen molar-refractivity contribution in [3.05, 3.63) is 71.8 Å². The predicted octanol–water partition coefficient (Wildman–Crippen LogP) is 4.40. The Bertz CT molecular complexity index is 609. The van der Waals surface area contributed by atoms with Gasteiger partial charge in [0.05, 0.1) is 5.92 Å². The van der Waals surface area contributed by atoms with Crippen LogP contribution in [0, 0.1) is 0 Å². The number of carbonyl (C=O) groups excluding carboxylic acids is 1. The fourth-order valence-electron chi connectivity index (χ4n) is 3.10. The van der Waals surface area contributed by atoms with Crippen LogP contribution in [0.5, 0.6) is 0 Å². The Morgan fingerprint density at radius 1 is 1.00 bits per heavy atom. The zero-order valence-electron chi connectivity index (χ0n) is 15.1. The van der Waals surface area contributed by atoms with Crippen molar-refractivity contribution >= 4 is 18.4 Å². The molecule has 0 radical (unpaired) electrons. The Morgan fingerprint density at radius 3 is 1.76 bits per heavy atom. The molecule has 0 aliphatic carbocycles. The van der Waals surface area contributed by atoms with Crippen LogP contribution >= 0.6 is 12.4 Å². The lowest BCUT2D eigenvalue weighted by atomic mass is 9.80. The minimum Gasteiger partial charge on any atom is -0.297 e. The van der Waals surface area contributed by atoms with Crippen LogP contribution < -0.4 is 0 Å². The van der Waals surface area contributed by atoms with Crippen molar-refractivity contribution in [2.24, 2.45) is 0 Å². The highest BCUT2D eigenvalue weighted by Gasteiger charge is 2.45. The molecule has 0 aliphatic rings. The van der Waals surface area contributed by atoms with E-state index in [2.05, 4.69) is 24.3 Å². The monoisotopic (exact) mass is 363 g/mol. The third kappa shape index (κ3) is 4.82. The average molecular weight is 364 g/mol. The van der Waals surface area contributed by atoms with E-state index in [9.17, 15) is 4.79 Å². The number of carbonyl (C=O) groups is 1. The van der Waals surface area contributed by atoms with Crippen LogP contribution in [-0.2, 0) is 14.6 Å². The summed E-state index contributed by atoms with van der Waals surface area (Å²) in [4.78, 5) is 24.1. The molecule has 0 aliphatic heterocycles. The lowest BCUT2D eigenvalue weighted by Crippen LogP contribution is -2.51. The van der Waals surface area contributed by atoms with Gasteiger partial charge in [0, 0.05) is 6.92 Å². The van der Waals surface area contributed by atoms with E-state index in [1.807, 2.05) is 62.3 Å². The fraction of sp³-hybridized carbons (Fsp3) is 0.350. The molecule has 0 spiro atoms. The van der Waals surface area contributed by atoms with Crippen LogP contribution in [0.15, 0.2) is 60.7 Å². The van der Waals surface area contributed by atoms with E-state index in [1.165, 1.54) is 6.92 Å². The second kappa shape index (κ2) is 9.56. The molecule has 0 amide bonds. The Kier molecular flexibility index (Phi) is 8.10. The first-order valence-electron chi connectivity index (χ1n) is 8.15. The van der Waals surface area contributed by atoms with Gasteiger partial charge in [0.25, 0.3) is 0 Å². The van der Waals surface area contributed by atoms with Gasteiger partial charge in [-0.3, -0.25) is 9.79 Å². The first kappa shape index (κ1) is 21.2. The van der Waals surface area contributed by atoms with Crippen molar-refractivity contribution in [3.63, 3.8) is 0 Å². The van der Waals surface area contributed by atoms with Crippen molar-refractivity contribution in [1.29, 1.82) is 0 Å². The van der Waals surface area contributed by atoms with Crippen LogP contribution in [0.3, 0.4) is 0 Å². The Hall–Kier alpha value is -1.88. The van der Waals surface area contributed by atoms with Gasteiger partial charge in [-0.1, -0.05) is 67.6 Å². The summed E-state index contributed by atoms with van der Waals surface area (Å²) in [5, 5.41) is 0. The van der Waals surface area contributed by atoms with Crippen LogP contribution in [-0.4, -0.2) is 30.7 Å². The molecule has 2 aromatic rings. The Morgan fingerprint density at radius 2 is 1.44 bits per heavy atom. The van der Waals surface area contributed by atoms with E-state index in [4.69, 9.17) is 9.78 Å². The number of halogens is 1. The summed E-state index contributed by atoms with van der Waals surface area (Å²) in [6.45, 7) is 3.37. The smallest absolute Gasteiger partial charge is 0.297 e. The van der Waals surface area contributed by atoms with Crippen LogP contribution in [0.1, 0.15) is 37.3 Å². The van der Waals surface area contributed by atoms with Gasteiger partial charge < -0.3 is 0 Å². The molecule has 1 unspecified atom stereocenters. The highest BCUT2D eigenvalue weighted by molar-refractivity contribution is 5.85. The molecule has 2 aromatic carbocycles. The number of rotatable bonds is 7. The third-order valence-corrected chi connectivity index (χ3v) is 4.28. The van der Waals surface area contributed by atoms with Gasteiger partial charge in [-0.2, -0.15) is 4.89 Å². The summed E-state index contributed by atoms with van der Waals surface area (Å²) in [5.74, 6) is -0.575.